The average Bonchev–Trinajstić information content (AvgIpc) is 2.66. The Kier molecular flexibility index (Phi) is 1.37. The fourth-order valence-electron chi connectivity index (χ4n) is 2.38. The first-order valence-electron chi connectivity index (χ1n) is 4.52. The first kappa shape index (κ1) is 7.78. The molecular weight excluding hydrogens is 186 g/mol. The van der Waals surface area contributed by atoms with Gasteiger partial charge in [0.25, 0.3) is 0 Å². The Hall–Kier alpha value is -1.59. The number of likely N-dealkylation sites (tertiary alicyclic amines) is 1. The van der Waals surface area contributed by atoms with Gasteiger partial charge in [-0.15, -0.1) is 0 Å². The molecule has 0 aromatic carbocycles. The summed E-state index contributed by atoms with van der Waals surface area (Å²) in [6.45, 7) is 1.21. The molecule has 3 atom stereocenters. The Morgan fingerprint density at radius 3 is 2.79 bits per heavy atom. The van der Waals surface area contributed by atoms with Gasteiger partial charge in [-0.05, 0) is 11.8 Å². The van der Waals surface area contributed by atoms with Crippen LogP contribution in [0.3, 0.4) is 0 Å². The summed E-state index contributed by atoms with van der Waals surface area (Å²) < 4.78 is 4.96. The van der Waals surface area contributed by atoms with E-state index in [2.05, 4.69) is 10.1 Å². The molecule has 0 unspecified atom stereocenters. The van der Waals surface area contributed by atoms with E-state index in [1.54, 1.807) is 0 Å². The van der Waals surface area contributed by atoms with Crippen molar-refractivity contribution in [2.45, 2.75) is 5.92 Å². The van der Waals surface area contributed by atoms with Crippen molar-refractivity contribution in [3.8, 4) is 0 Å². The minimum Gasteiger partial charge on any atom is -0.465 e. The van der Waals surface area contributed by atoms with Crippen molar-refractivity contribution in [1.29, 1.82) is 0 Å². The van der Waals surface area contributed by atoms with Crippen molar-refractivity contribution >= 4 is 6.09 Å². The number of hydrogen-bond donors (Lipinski definition) is 1. The number of fused-ring (bicyclic) bond motifs is 1. The Bertz CT molecular complexity index is 352. The minimum atomic E-state index is -0.832. The molecule has 1 amide bonds. The lowest BCUT2D eigenvalue weighted by Gasteiger charge is -2.14. The number of aromatic nitrogens is 2. The van der Waals surface area contributed by atoms with E-state index in [9.17, 15) is 4.79 Å². The highest BCUT2D eigenvalue weighted by atomic mass is 16.5. The molecule has 1 N–H and O–H groups in total. The van der Waals surface area contributed by atoms with Crippen LogP contribution in [0.25, 0.3) is 0 Å². The molecule has 1 aliphatic heterocycles. The van der Waals surface area contributed by atoms with Crippen LogP contribution in [0.1, 0.15) is 11.8 Å². The normalized spacial score (nSPS) is 34.3. The molecule has 2 aliphatic rings. The van der Waals surface area contributed by atoms with Gasteiger partial charge in [-0.25, -0.2) is 4.79 Å². The molecule has 2 fully saturated rings. The zero-order valence-corrected chi connectivity index (χ0v) is 7.33. The van der Waals surface area contributed by atoms with Crippen LogP contribution in [0.2, 0.25) is 0 Å². The second kappa shape index (κ2) is 2.46. The molecule has 1 aromatic heterocycles. The van der Waals surface area contributed by atoms with E-state index in [1.807, 2.05) is 0 Å². The Balaban J connectivity index is 1.70. The minimum absolute atomic E-state index is 0.299. The highest BCUT2D eigenvalue weighted by molar-refractivity contribution is 5.66. The smallest absolute Gasteiger partial charge is 0.407 e. The standard InChI is InChI=1S/C8H9N3O3/c12-8(13)11-1-4-5(2-11)6(4)7-9-3-10-14-7/h3-6H,1-2H2,(H,12,13)/t4-,5+,6+. The van der Waals surface area contributed by atoms with Gasteiger partial charge < -0.3 is 14.5 Å². The molecule has 1 saturated heterocycles. The second-order valence-corrected chi connectivity index (χ2v) is 3.82. The Labute approximate surface area is 79.5 Å². The monoisotopic (exact) mass is 195 g/mol. The lowest BCUT2D eigenvalue weighted by Crippen LogP contribution is -2.29. The lowest BCUT2D eigenvalue weighted by atomic mass is 10.2. The molecule has 14 heavy (non-hydrogen) atoms. The quantitative estimate of drug-likeness (QED) is 0.701. The molecule has 2 heterocycles. The summed E-state index contributed by atoms with van der Waals surface area (Å²) >= 11 is 0. The topological polar surface area (TPSA) is 79.5 Å². The summed E-state index contributed by atoms with van der Waals surface area (Å²) in [6, 6.07) is 0. The summed E-state index contributed by atoms with van der Waals surface area (Å²) in [7, 11) is 0. The van der Waals surface area contributed by atoms with E-state index in [1.165, 1.54) is 11.2 Å². The van der Waals surface area contributed by atoms with Gasteiger partial charge in [-0.1, -0.05) is 5.16 Å². The first-order chi connectivity index (χ1) is 6.77. The predicted molar refractivity (Wildman–Crippen MR) is 43.6 cm³/mol. The maximum atomic E-state index is 10.6. The lowest BCUT2D eigenvalue weighted by molar-refractivity contribution is 0.149. The molecule has 1 aromatic rings. The van der Waals surface area contributed by atoms with E-state index in [0.29, 0.717) is 36.7 Å². The van der Waals surface area contributed by atoms with Gasteiger partial charge in [0.15, 0.2) is 6.33 Å². The summed E-state index contributed by atoms with van der Waals surface area (Å²) in [5.74, 6) is 1.75. The van der Waals surface area contributed by atoms with Crippen LogP contribution in [-0.4, -0.2) is 39.3 Å². The summed E-state index contributed by atoms with van der Waals surface area (Å²) in [4.78, 5) is 16.1. The molecule has 6 nitrogen and oxygen atoms in total. The zero-order valence-electron chi connectivity index (χ0n) is 7.33. The van der Waals surface area contributed by atoms with E-state index in [4.69, 9.17) is 9.63 Å². The molecule has 0 spiro atoms. The molecule has 0 bridgehead atoms. The summed E-state index contributed by atoms with van der Waals surface area (Å²) in [5.41, 5.74) is 0. The Morgan fingerprint density at radius 2 is 2.29 bits per heavy atom. The van der Waals surface area contributed by atoms with Crippen LogP contribution < -0.4 is 0 Å². The van der Waals surface area contributed by atoms with E-state index >= 15 is 0 Å². The van der Waals surface area contributed by atoms with E-state index < -0.39 is 6.09 Å². The largest absolute Gasteiger partial charge is 0.465 e. The molecule has 6 heteroatoms. The van der Waals surface area contributed by atoms with Crippen LogP contribution in [0, 0.1) is 11.8 Å². The van der Waals surface area contributed by atoms with Gasteiger partial charge in [0, 0.05) is 19.0 Å². The third-order valence-electron chi connectivity index (χ3n) is 3.13. The van der Waals surface area contributed by atoms with Gasteiger partial charge in [0.2, 0.25) is 5.89 Å². The third-order valence-corrected chi connectivity index (χ3v) is 3.13. The molecular formula is C8H9N3O3. The Morgan fingerprint density at radius 1 is 1.57 bits per heavy atom. The van der Waals surface area contributed by atoms with Crippen LogP contribution in [0.15, 0.2) is 10.9 Å². The molecule has 1 saturated carbocycles. The predicted octanol–water partition coefficient (Wildman–Crippen LogP) is 0.393. The zero-order chi connectivity index (χ0) is 9.71. The number of carboxylic acid groups (broad SMARTS) is 1. The van der Waals surface area contributed by atoms with Gasteiger partial charge in [-0.2, -0.15) is 4.98 Å². The molecule has 1 aliphatic carbocycles. The fourth-order valence-corrected chi connectivity index (χ4v) is 2.38. The van der Waals surface area contributed by atoms with Crippen LogP contribution in [0.4, 0.5) is 4.79 Å². The maximum absolute atomic E-state index is 10.6. The molecule has 74 valence electrons. The summed E-state index contributed by atoms with van der Waals surface area (Å²) in [6.07, 6.45) is 0.555. The fraction of sp³-hybridized carbons (Fsp3) is 0.625. The van der Waals surface area contributed by atoms with Crippen molar-refractivity contribution in [2.75, 3.05) is 13.1 Å². The molecule has 0 radical (unpaired) electrons. The van der Waals surface area contributed by atoms with Crippen LogP contribution >= 0.6 is 0 Å². The SMILES string of the molecule is O=C(O)N1C[C@@H]2[C@H](C1)[C@H]2c1ncno1. The van der Waals surface area contributed by atoms with Gasteiger partial charge in [-0.3, -0.25) is 0 Å². The van der Waals surface area contributed by atoms with Gasteiger partial charge >= 0.3 is 6.09 Å². The van der Waals surface area contributed by atoms with Gasteiger partial charge in [0.1, 0.15) is 0 Å². The number of hydrogen-bond acceptors (Lipinski definition) is 4. The van der Waals surface area contributed by atoms with Crippen molar-refractivity contribution in [1.82, 2.24) is 15.0 Å². The third kappa shape index (κ3) is 0.934. The van der Waals surface area contributed by atoms with E-state index in [0.717, 1.165) is 0 Å². The average molecular weight is 195 g/mol. The second-order valence-electron chi connectivity index (χ2n) is 3.82. The number of rotatable bonds is 1. The first-order valence-corrected chi connectivity index (χ1v) is 4.52. The highest BCUT2D eigenvalue weighted by Crippen LogP contribution is 2.57. The summed E-state index contributed by atoms with van der Waals surface area (Å²) in [5, 5.41) is 12.3. The number of nitrogens with zero attached hydrogens (tertiary/aromatic N) is 3. The maximum Gasteiger partial charge on any atom is 0.407 e. The van der Waals surface area contributed by atoms with Crippen LogP contribution in [0.5, 0.6) is 0 Å². The van der Waals surface area contributed by atoms with Crippen molar-refractivity contribution in [2.24, 2.45) is 11.8 Å². The van der Waals surface area contributed by atoms with Crippen molar-refractivity contribution in [3.05, 3.63) is 12.2 Å². The van der Waals surface area contributed by atoms with Crippen molar-refractivity contribution in [3.63, 3.8) is 0 Å². The number of amides is 1. The van der Waals surface area contributed by atoms with E-state index in [-0.39, 0.29) is 0 Å². The number of piperidine rings is 1. The molecule has 3 rings (SSSR count). The number of carbonyl (C=O) groups is 1. The highest BCUT2D eigenvalue weighted by Gasteiger charge is 2.59. The van der Waals surface area contributed by atoms with Crippen LogP contribution in [-0.2, 0) is 0 Å². The van der Waals surface area contributed by atoms with Gasteiger partial charge in [0.05, 0.1) is 0 Å². The van der Waals surface area contributed by atoms with Crippen molar-refractivity contribution < 1.29 is 14.4 Å².